The van der Waals surface area contributed by atoms with E-state index in [1.54, 1.807) is 0 Å². The van der Waals surface area contributed by atoms with Gasteiger partial charge in [-0.2, -0.15) is 0 Å². The number of carboxylic acid groups (broad SMARTS) is 2. The number of hydrogen-bond donors (Lipinski definition) is 6. The Bertz CT molecular complexity index is 303. The first kappa shape index (κ1) is 27.0. The Labute approximate surface area is 155 Å². The summed E-state index contributed by atoms with van der Waals surface area (Å²) in [6.07, 6.45) is 8.85. The van der Waals surface area contributed by atoms with Gasteiger partial charge in [0.15, 0.2) is 0 Å². The number of aliphatic hydroxyl groups excluding tert-OH is 4. The maximum Gasteiger partial charge on any atom is 0.303 e. The number of hydrogen-bond acceptors (Lipinski definition) is 6. The largest absolute Gasteiger partial charge is 0.481 e. The molecule has 0 heterocycles. The third kappa shape index (κ3) is 22.8. The Morgan fingerprint density at radius 3 is 0.962 bits per heavy atom. The summed E-state index contributed by atoms with van der Waals surface area (Å²) in [6.45, 7) is -1.05. The molecule has 0 bridgehead atoms. The molecular formula is C18H36O8. The standard InChI is InChI=1S/C14H26O4.C4H10O4/c15-13(16)11-9-7-5-3-1-2-4-6-8-10-12-14(17)18;5-1-3(7)4(8)2-6/h1-12H2,(H,15,16)(H,17,18);3-8H,1-2H2/t;3-,4+. The van der Waals surface area contributed by atoms with Gasteiger partial charge < -0.3 is 30.6 Å². The lowest BCUT2D eigenvalue weighted by Crippen LogP contribution is -2.31. The Hall–Kier alpha value is -1.22. The Kier molecular flexibility index (Phi) is 20.9. The maximum absolute atomic E-state index is 10.3. The zero-order chi connectivity index (χ0) is 20.2. The van der Waals surface area contributed by atoms with Gasteiger partial charge in [0.05, 0.1) is 13.2 Å². The molecule has 156 valence electrons. The average Bonchev–Trinajstić information content (AvgIpc) is 2.61. The Balaban J connectivity index is 0. The van der Waals surface area contributed by atoms with Gasteiger partial charge in [-0.25, -0.2) is 0 Å². The molecule has 0 aromatic rings. The van der Waals surface area contributed by atoms with Gasteiger partial charge in [-0.3, -0.25) is 9.59 Å². The van der Waals surface area contributed by atoms with Crippen LogP contribution in [0.25, 0.3) is 0 Å². The predicted molar refractivity (Wildman–Crippen MR) is 96.9 cm³/mol. The van der Waals surface area contributed by atoms with E-state index in [1.807, 2.05) is 0 Å². The molecule has 0 rings (SSSR count). The molecule has 0 radical (unpaired) electrons. The van der Waals surface area contributed by atoms with Crippen LogP contribution in [0.5, 0.6) is 0 Å². The number of aliphatic carboxylic acids is 2. The molecule has 26 heavy (non-hydrogen) atoms. The normalized spacial score (nSPS) is 12.8. The first-order chi connectivity index (χ1) is 12.3. The summed E-state index contributed by atoms with van der Waals surface area (Å²) in [5, 5.41) is 50.1. The van der Waals surface area contributed by atoms with Crippen LogP contribution in [0.1, 0.15) is 77.0 Å². The van der Waals surface area contributed by atoms with Crippen molar-refractivity contribution in [2.24, 2.45) is 0 Å². The molecule has 2 atom stereocenters. The number of rotatable bonds is 16. The van der Waals surface area contributed by atoms with Gasteiger partial charge in [-0.15, -0.1) is 0 Å². The first-order valence-corrected chi connectivity index (χ1v) is 9.36. The van der Waals surface area contributed by atoms with Gasteiger partial charge >= 0.3 is 11.9 Å². The molecule has 8 heteroatoms. The molecule has 0 aliphatic carbocycles. The summed E-state index contributed by atoms with van der Waals surface area (Å²) in [4.78, 5) is 20.5. The van der Waals surface area contributed by atoms with Gasteiger partial charge in [-0.05, 0) is 12.8 Å². The van der Waals surface area contributed by atoms with E-state index in [0.717, 1.165) is 38.5 Å². The highest BCUT2D eigenvalue weighted by molar-refractivity contribution is 5.66. The van der Waals surface area contributed by atoms with E-state index in [-0.39, 0.29) is 0 Å². The lowest BCUT2D eigenvalue weighted by Gasteiger charge is -2.10. The van der Waals surface area contributed by atoms with Crippen LogP contribution in [0.2, 0.25) is 0 Å². The van der Waals surface area contributed by atoms with Gasteiger partial charge in [0.25, 0.3) is 0 Å². The predicted octanol–water partition coefficient (Wildman–Crippen LogP) is 1.53. The molecule has 0 fully saturated rings. The Morgan fingerprint density at radius 2 is 0.769 bits per heavy atom. The molecule has 6 N–H and O–H groups in total. The quantitative estimate of drug-likeness (QED) is 0.220. The van der Waals surface area contributed by atoms with E-state index in [0.29, 0.717) is 12.8 Å². The molecule has 0 spiro atoms. The topological polar surface area (TPSA) is 156 Å². The van der Waals surface area contributed by atoms with Crippen molar-refractivity contribution in [3.8, 4) is 0 Å². The molecule has 0 aromatic carbocycles. The monoisotopic (exact) mass is 380 g/mol. The smallest absolute Gasteiger partial charge is 0.303 e. The molecule has 0 amide bonds. The first-order valence-electron chi connectivity index (χ1n) is 9.36. The van der Waals surface area contributed by atoms with Crippen LogP contribution in [0.3, 0.4) is 0 Å². The second kappa shape index (κ2) is 20.1. The van der Waals surface area contributed by atoms with Crippen LogP contribution in [0.4, 0.5) is 0 Å². The van der Waals surface area contributed by atoms with E-state index in [2.05, 4.69) is 0 Å². The van der Waals surface area contributed by atoms with Crippen molar-refractivity contribution in [3.63, 3.8) is 0 Å². The highest BCUT2D eigenvalue weighted by atomic mass is 16.4. The fraction of sp³-hybridized carbons (Fsp3) is 0.889. The molecule has 0 saturated carbocycles. The minimum Gasteiger partial charge on any atom is -0.481 e. The van der Waals surface area contributed by atoms with E-state index in [4.69, 9.17) is 30.6 Å². The van der Waals surface area contributed by atoms with Crippen molar-refractivity contribution in [1.82, 2.24) is 0 Å². The van der Waals surface area contributed by atoms with Crippen LogP contribution < -0.4 is 0 Å². The minimum atomic E-state index is -1.22. The summed E-state index contributed by atoms with van der Waals surface area (Å²) in [5.74, 6) is -1.40. The number of unbranched alkanes of at least 4 members (excludes halogenated alkanes) is 9. The van der Waals surface area contributed by atoms with Gasteiger partial charge in [0.1, 0.15) is 12.2 Å². The summed E-state index contributed by atoms with van der Waals surface area (Å²) in [7, 11) is 0. The summed E-state index contributed by atoms with van der Waals surface area (Å²) in [6, 6.07) is 0. The fourth-order valence-corrected chi connectivity index (χ4v) is 2.21. The highest BCUT2D eigenvalue weighted by Crippen LogP contribution is 2.11. The lowest BCUT2D eigenvalue weighted by atomic mass is 10.1. The van der Waals surface area contributed by atoms with Crippen LogP contribution in [0, 0.1) is 0 Å². The zero-order valence-corrected chi connectivity index (χ0v) is 15.6. The van der Waals surface area contributed by atoms with Crippen LogP contribution in [-0.2, 0) is 9.59 Å². The summed E-state index contributed by atoms with van der Waals surface area (Å²) in [5.41, 5.74) is 0. The summed E-state index contributed by atoms with van der Waals surface area (Å²) < 4.78 is 0. The molecule has 0 aliphatic rings. The maximum atomic E-state index is 10.3. The van der Waals surface area contributed by atoms with Gasteiger partial charge in [0, 0.05) is 12.8 Å². The third-order valence-corrected chi connectivity index (χ3v) is 3.85. The molecular weight excluding hydrogens is 344 g/mol. The van der Waals surface area contributed by atoms with Crippen LogP contribution >= 0.6 is 0 Å². The van der Waals surface area contributed by atoms with Crippen molar-refractivity contribution in [2.75, 3.05) is 13.2 Å². The zero-order valence-electron chi connectivity index (χ0n) is 15.6. The second-order valence-electron chi connectivity index (χ2n) is 6.32. The van der Waals surface area contributed by atoms with E-state index >= 15 is 0 Å². The van der Waals surface area contributed by atoms with Crippen molar-refractivity contribution < 1.29 is 40.2 Å². The Morgan fingerprint density at radius 1 is 0.538 bits per heavy atom. The lowest BCUT2D eigenvalue weighted by molar-refractivity contribution is -0.138. The summed E-state index contributed by atoms with van der Waals surface area (Å²) >= 11 is 0. The second-order valence-corrected chi connectivity index (χ2v) is 6.32. The highest BCUT2D eigenvalue weighted by Gasteiger charge is 2.12. The van der Waals surface area contributed by atoms with E-state index < -0.39 is 37.4 Å². The number of aliphatic hydroxyl groups is 4. The molecule has 0 aliphatic heterocycles. The van der Waals surface area contributed by atoms with Crippen molar-refractivity contribution in [2.45, 2.75) is 89.3 Å². The minimum absolute atomic E-state index is 0.295. The van der Waals surface area contributed by atoms with Crippen molar-refractivity contribution >= 4 is 11.9 Å². The molecule has 0 unspecified atom stereocenters. The molecule has 8 nitrogen and oxygen atoms in total. The fourth-order valence-electron chi connectivity index (χ4n) is 2.21. The van der Waals surface area contributed by atoms with Crippen molar-refractivity contribution in [3.05, 3.63) is 0 Å². The number of carbonyl (C=O) groups is 2. The van der Waals surface area contributed by atoms with E-state index in [9.17, 15) is 9.59 Å². The third-order valence-electron chi connectivity index (χ3n) is 3.85. The van der Waals surface area contributed by atoms with E-state index in [1.165, 1.54) is 25.7 Å². The number of carboxylic acids is 2. The van der Waals surface area contributed by atoms with Gasteiger partial charge in [-0.1, -0.05) is 51.4 Å². The SMILES string of the molecule is O=C(O)CCCCCCCCCCCCC(=O)O.OC[C@@H](O)[C@@H](O)CO. The average molecular weight is 380 g/mol. The molecule has 0 saturated heterocycles. The van der Waals surface area contributed by atoms with Crippen molar-refractivity contribution in [1.29, 1.82) is 0 Å². The van der Waals surface area contributed by atoms with Gasteiger partial charge in [0.2, 0.25) is 0 Å². The molecule has 0 aromatic heterocycles. The van der Waals surface area contributed by atoms with Crippen LogP contribution in [0.15, 0.2) is 0 Å². The van der Waals surface area contributed by atoms with Crippen LogP contribution in [-0.4, -0.2) is 68.0 Å².